The molecule has 7 heteroatoms. The molecule has 0 saturated carbocycles. The predicted molar refractivity (Wildman–Crippen MR) is 83.4 cm³/mol. The quantitative estimate of drug-likeness (QED) is 0.747. The zero-order chi connectivity index (χ0) is 16.9. The molecule has 0 aromatic carbocycles. The van der Waals surface area contributed by atoms with Gasteiger partial charge in [-0.15, -0.1) is 0 Å². The van der Waals surface area contributed by atoms with Crippen LogP contribution in [0.25, 0.3) is 0 Å². The van der Waals surface area contributed by atoms with Crippen LogP contribution in [0.1, 0.15) is 65.7 Å². The molecular weight excluding hydrogens is 284 g/mol. The van der Waals surface area contributed by atoms with Crippen LogP contribution in [0, 0.1) is 5.92 Å². The number of hydrogen-bond acceptors (Lipinski definition) is 5. The van der Waals surface area contributed by atoms with Crippen LogP contribution in [-0.2, 0) is 5.41 Å². The molecule has 1 aromatic heterocycles. The highest BCUT2D eigenvalue weighted by Gasteiger charge is 2.24. The average molecular weight is 312 g/mol. The topological polar surface area (TPSA) is 100 Å². The minimum Gasteiger partial charge on any atom is -0.391 e. The molecule has 0 fully saturated rings. The van der Waals surface area contributed by atoms with E-state index in [9.17, 15) is 9.90 Å². The van der Waals surface area contributed by atoms with Gasteiger partial charge in [0.2, 0.25) is 5.89 Å². The minimum absolute atomic E-state index is 0.142. The maximum Gasteiger partial charge on any atom is 0.315 e. The summed E-state index contributed by atoms with van der Waals surface area (Å²) in [6.07, 6.45) is 0.306. The Morgan fingerprint density at radius 1 is 1.36 bits per heavy atom. The first kappa shape index (κ1) is 18.4. The van der Waals surface area contributed by atoms with E-state index in [0.29, 0.717) is 11.7 Å². The molecule has 3 atom stereocenters. The summed E-state index contributed by atoms with van der Waals surface area (Å²) < 4.78 is 5.18. The monoisotopic (exact) mass is 312 g/mol. The number of aromatic nitrogens is 2. The van der Waals surface area contributed by atoms with Crippen LogP contribution < -0.4 is 10.6 Å². The zero-order valence-electron chi connectivity index (χ0n) is 14.3. The van der Waals surface area contributed by atoms with Crippen molar-refractivity contribution in [3.8, 4) is 0 Å². The lowest BCUT2D eigenvalue weighted by molar-refractivity contribution is 0.114. The number of carbonyl (C=O) groups excluding carboxylic acids is 1. The minimum atomic E-state index is -0.554. The number of hydrogen-bond donors (Lipinski definition) is 3. The standard InChI is InChI=1S/C15H28N4O3/c1-7-9(2)11(20)8-16-14(21)17-10(3)12-18-13(19-22-12)15(4,5)6/h9-11,20H,7-8H2,1-6H3,(H2,16,17,21). The van der Waals surface area contributed by atoms with Crippen molar-refractivity contribution in [2.45, 2.75) is 65.5 Å². The van der Waals surface area contributed by atoms with Gasteiger partial charge in [0.1, 0.15) is 6.04 Å². The summed E-state index contributed by atoms with van der Waals surface area (Å²) in [7, 11) is 0. The molecule has 7 nitrogen and oxygen atoms in total. The van der Waals surface area contributed by atoms with Crippen LogP contribution >= 0.6 is 0 Å². The Morgan fingerprint density at radius 2 is 2.00 bits per heavy atom. The number of nitrogens with one attached hydrogen (secondary N) is 2. The lowest BCUT2D eigenvalue weighted by atomic mass is 9.96. The number of aliphatic hydroxyl groups is 1. The van der Waals surface area contributed by atoms with E-state index in [2.05, 4.69) is 20.8 Å². The number of urea groups is 1. The van der Waals surface area contributed by atoms with Crippen molar-refractivity contribution in [1.29, 1.82) is 0 Å². The van der Waals surface area contributed by atoms with Gasteiger partial charge in [-0.3, -0.25) is 0 Å². The molecule has 1 heterocycles. The first-order valence-corrected chi connectivity index (χ1v) is 7.71. The largest absolute Gasteiger partial charge is 0.391 e. The summed E-state index contributed by atoms with van der Waals surface area (Å²) in [5, 5.41) is 19.1. The molecule has 3 unspecified atom stereocenters. The van der Waals surface area contributed by atoms with Gasteiger partial charge in [-0.05, 0) is 12.8 Å². The van der Waals surface area contributed by atoms with E-state index in [1.165, 1.54) is 0 Å². The fourth-order valence-electron chi connectivity index (χ4n) is 1.70. The lowest BCUT2D eigenvalue weighted by Crippen LogP contribution is -2.42. The van der Waals surface area contributed by atoms with Crippen LogP contribution in [0.4, 0.5) is 4.79 Å². The highest BCUT2D eigenvalue weighted by Crippen LogP contribution is 2.20. The van der Waals surface area contributed by atoms with E-state index in [4.69, 9.17) is 4.52 Å². The number of amides is 2. The van der Waals surface area contributed by atoms with Crippen molar-refractivity contribution in [3.63, 3.8) is 0 Å². The maximum atomic E-state index is 11.8. The molecular formula is C15H28N4O3. The van der Waals surface area contributed by atoms with Crippen LogP contribution in [0.2, 0.25) is 0 Å². The molecule has 3 N–H and O–H groups in total. The fraction of sp³-hybridized carbons (Fsp3) is 0.800. The van der Waals surface area contributed by atoms with Gasteiger partial charge in [0.05, 0.1) is 6.10 Å². The molecule has 22 heavy (non-hydrogen) atoms. The Labute approximate surface area is 131 Å². The molecule has 0 radical (unpaired) electrons. The summed E-state index contributed by atoms with van der Waals surface area (Å²) in [5.74, 6) is 1.11. The van der Waals surface area contributed by atoms with Gasteiger partial charge in [-0.2, -0.15) is 4.98 Å². The second-order valence-electron chi connectivity index (χ2n) is 6.74. The Balaban J connectivity index is 2.49. The van der Waals surface area contributed by atoms with Crippen molar-refractivity contribution in [1.82, 2.24) is 20.8 Å². The van der Waals surface area contributed by atoms with E-state index in [-0.39, 0.29) is 23.9 Å². The average Bonchev–Trinajstić information content (AvgIpc) is 2.93. The van der Waals surface area contributed by atoms with Crippen LogP contribution in [0.5, 0.6) is 0 Å². The third-order valence-corrected chi connectivity index (χ3v) is 3.60. The van der Waals surface area contributed by atoms with Crippen LogP contribution in [0.15, 0.2) is 4.52 Å². The number of nitrogens with zero attached hydrogens (tertiary/aromatic N) is 2. The summed E-state index contributed by atoms with van der Waals surface area (Å²) in [6, 6.07) is -0.769. The van der Waals surface area contributed by atoms with Gasteiger partial charge in [-0.1, -0.05) is 46.2 Å². The van der Waals surface area contributed by atoms with Crippen molar-refractivity contribution in [2.75, 3.05) is 6.54 Å². The molecule has 0 saturated heterocycles. The smallest absolute Gasteiger partial charge is 0.315 e. The molecule has 0 aliphatic carbocycles. The lowest BCUT2D eigenvalue weighted by Gasteiger charge is -2.18. The highest BCUT2D eigenvalue weighted by atomic mass is 16.5. The van der Waals surface area contributed by atoms with Gasteiger partial charge in [0, 0.05) is 12.0 Å². The molecule has 2 amide bonds. The second kappa shape index (κ2) is 7.58. The third-order valence-electron chi connectivity index (χ3n) is 3.60. The number of carbonyl (C=O) groups is 1. The molecule has 0 bridgehead atoms. The summed E-state index contributed by atoms with van der Waals surface area (Å²) in [5.41, 5.74) is -0.204. The summed E-state index contributed by atoms with van der Waals surface area (Å²) in [4.78, 5) is 16.1. The Kier molecular flexibility index (Phi) is 6.34. The number of rotatable bonds is 6. The van der Waals surface area contributed by atoms with E-state index in [1.54, 1.807) is 6.92 Å². The zero-order valence-corrected chi connectivity index (χ0v) is 14.3. The van der Waals surface area contributed by atoms with Crippen molar-refractivity contribution in [3.05, 3.63) is 11.7 Å². The molecule has 126 valence electrons. The van der Waals surface area contributed by atoms with E-state index < -0.39 is 12.1 Å². The Morgan fingerprint density at radius 3 is 2.50 bits per heavy atom. The first-order valence-electron chi connectivity index (χ1n) is 7.71. The molecule has 0 aliphatic heterocycles. The molecule has 0 aliphatic rings. The van der Waals surface area contributed by atoms with Crippen molar-refractivity contribution < 1.29 is 14.4 Å². The Bertz CT molecular complexity index is 481. The molecule has 1 rings (SSSR count). The van der Waals surface area contributed by atoms with Gasteiger partial charge in [0.25, 0.3) is 0 Å². The second-order valence-corrected chi connectivity index (χ2v) is 6.74. The van der Waals surface area contributed by atoms with Gasteiger partial charge >= 0.3 is 6.03 Å². The van der Waals surface area contributed by atoms with Crippen molar-refractivity contribution >= 4 is 6.03 Å². The maximum absolute atomic E-state index is 11.8. The number of aliphatic hydroxyl groups excluding tert-OH is 1. The van der Waals surface area contributed by atoms with Gasteiger partial charge < -0.3 is 20.3 Å². The predicted octanol–water partition coefficient (Wildman–Crippen LogP) is 2.13. The summed E-state index contributed by atoms with van der Waals surface area (Å²) in [6.45, 7) is 11.9. The van der Waals surface area contributed by atoms with Crippen molar-refractivity contribution in [2.24, 2.45) is 5.92 Å². The Hall–Kier alpha value is -1.63. The third kappa shape index (κ3) is 5.29. The van der Waals surface area contributed by atoms with E-state index in [0.717, 1.165) is 6.42 Å². The van der Waals surface area contributed by atoms with E-state index in [1.807, 2.05) is 34.6 Å². The fourth-order valence-corrected chi connectivity index (χ4v) is 1.70. The van der Waals surface area contributed by atoms with Crippen LogP contribution in [0.3, 0.4) is 0 Å². The normalized spacial score (nSPS) is 16.0. The SMILES string of the molecule is CCC(C)C(O)CNC(=O)NC(C)c1nc(C(C)(C)C)no1. The molecule has 1 aromatic rings. The first-order chi connectivity index (χ1) is 10.1. The van der Waals surface area contributed by atoms with Crippen LogP contribution in [-0.4, -0.2) is 33.9 Å². The van der Waals surface area contributed by atoms with Gasteiger partial charge in [0.15, 0.2) is 5.82 Å². The van der Waals surface area contributed by atoms with Gasteiger partial charge in [-0.25, -0.2) is 4.79 Å². The highest BCUT2D eigenvalue weighted by molar-refractivity contribution is 5.74. The summed E-state index contributed by atoms with van der Waals surface area (Å²) >= 11 is 0. The van der Waals surface area contributed by atoms with E-state index >= 15 is 0 Å². The molecule has 0 spiro atoms.